The maximum Gasteiger partial charge on any atom is 0.155 e. The van der Waals surface area contributed by atoms with Gasteiger partial charge < -0.3 is 14.6 Å². The van der Waals surface area contributed by atoms with Crippen LogP contribution in [0.25, 0.3) is 0 Å². The number of benzene rings is 1. The van der Waals surface area contributed by atoms with E-state index in [1.165, 1.54) is 11.1 Å². The predicted octanol–water partition coefficient (Wildman–Crippen LogP) is 3.58. The molecule has 0 fully saturated rings. The lowest BCUT2D eigenvalue weighted by Crippen LogP contribution is -2.46. The first-order chi connectivity index (χ1) is 9.53. The van der Waals surface area contributed by atoms with E-state index in [4.69, 9.17) is 13.5 Å². The van der Waals surface area contributed by atoms with Crippen molar-refractivity contribution in [3.05, 3.63) is 35.4 Å². The number of rotatable bonds is 9. The van der Waals surface area contributed by atoms with Crippen LogP contribution in [0, 0.1) is 6.92 Å². The quantitative estimate of drug-likeness (QED) is 0.539. The Morgan fingerprint density at radius 2 is 2.05 bits per heavy atom. The van der Waals surface area contributed by atoms with Crippen molar-refractivity contribution in [1.29, 1.82) is 0 Å². The first-order valence-electron chi connectivity index (χ1n) is 6.79. The van der Waals surface area contributed by atoms with Gasteiger partial charge in [-0.15, -0.1) is 0 Å². The van der Waals surface area contributed by atoms with E-state index in [9.17, 15) is 0 Å². The van der Waals surface area contributed by atoms with Crippen LogP contribution in [0.4, 0.5) is 0 Å². The normalized spacial score (nSPS) is 13.4. The summed E-state index contributed by atoms with van der Waals surface area (Å²) in [6.07, 6.45) is 0.818. The number of ether oxygens (including phenoxy) is 1. The van der Waals surface area contributed by atoms with Gasteiger partial charge in [-0.05, 0) is 44.9 Å². The van der Waals surface area contributed by atoms with Crippen LogP contribution in [0.5, 0.6) is 0 Å². The van der Waals surface area contributed by atoms with Gasteiger partial charge in [-0.1, -0.05) is 24.3 Å². The average molecular weight is 299 g/mol. The molecule has 0 heterocycles. The van der Waals surface area contributed by atoms with Crippen LogP contribution in [0.1, 0.15) is 37.5 Å². The van der Waals surface area contributed by atoms with E-state index in [1.807, 2.05) is 12.1 Å². The molecule has 0 spiro atoms. The summed E-state index contributed by atoms with van der Waals surface area (Å²) in [6, 6.07) is 8.29. The second-order valence-corrected chi connectivity index (χ2v) is 5.76. The topological polar surface area (TPSA) is 50.7 Å². The first-order valence-corrected chi connectivity index (χ1v) is 7.49. The fourth-order valence-corrected chi connectivity index (χ4v) is 2.56. The zero-order chi connectivity index (χ0) is 15.0. The zero-order valence-corrected chi connectivity index (χ0v) is 13.5. The minimum atomic E-state index is -0.187. The van der Waals surface area contributed by atoms with Crippen LogP contribution in [0.15, 0.2) is 24.3 Å². The summed E-state index contributed by atoms with van der Waals surface area (Å²) in [7, 11) is 1.74. The number of nitrogens with one attached hydrogen (secondary N) is 1. The van der Waals surface area contributed by atoms with E-state index in [0.717, 1.165) is 13.0 Å². The maximum atomic E-state index is 8.48. The monoisotopic (exact) mass is 299 g/mol. The van der Waals surface area contributed by atoms with E-state index in [2.05, 4.69) is 38.2 Å². The highest BCUT2D eigenvalue weighted by atomic mass is 32.2. The van der Waals surface area contributed by atoms with E-state index in [1.54, 1.807) is 7.11 Å². The Hall–Kier alpha value is -0.590. The molecular weight excluding hydrogens is 274 g/mol. The van der Waals surface area contributed by atoms with Gasteiger partial charge in [-0.2, -0.15) is 0 Å². The SMILES string of the molecule is COC(c1ccccc1C)C(C)(C)NCCCOSO. The van der Waals surface area contributed by atoms with Crippen LogP contribution >= 0.6 is 12.3 Å². The molecule has 0 saturated heterocycles. The molecule has 0 amide bonds. The molecule has 0 saturated carbocycles. The summed E-state index contributed by atoms with van der Waals surface area (Å²) in [5, 5.41) is 3.50. The Morgan fingerprint density at radius 1 is 1.35 bits per heavy atom. The molecule has 20 heavy (non-hydrogen) atoms. The van der Waals surface area contributed by atoms with Crippen molar-refractivity contribution in [3.63, 3.8) is 0 Å². The van der Waals surface area contributed by atoms with Gasteiger partial charge in [0.05, 0.1) is 12.7 Å². The summed E-state index contributed by atoms with van der Waals surface area (Å²) in [6.45, 7) is 7.69. The molecule has 1 unspecified atom stereocenters. The minimum absolute atomic E-state index is 0.0168. The molecule has 0 aliphatic rings. The highest BCUT2D eigenvalue weighted by Crippen LogP contribution is 2.30. The van der Waals surface area contributed by atoms with Crippen molar-refractivity contribution in [2.24, 2.45) is 0 Å². The molecule has 4 nitrogen and oxygen atoms in total. The third-order valence-electron chi connectivity index (χ3n) is 3.40. The van der Waals surface area contributed by atoms with Gasteiger partial charge in [0.1, 0.15) is 0 Å². The third kappa shape index (κ3) is 5.07. The molecule has 0 radical (unpaired) electrons. The van der Waals surface area contributed by atoms with Crippen molar-refractivity contribution in [1.82, 2.24) is 5.32 Å². The van der Waals surface area contributed by atoms with Gasteiger partial charge >= 0.3 is 0 Å². The molecule has 114 valence electrons. The first kappa shape index (κ1) is 17.5. The molecule has 0 aliphatic carbocycles. The Bertz CT molecular complexity index is 398. The van der Waals surface area contributed by atoms with Gasteiger partial charge in [-0.25, -0.2) is 0 Å². The largest absolute Gasteiger partial charge is 0.375 e. The van der Waals surface area contributed by atoms with Gasteiger partial charge in [0.25, 0.3) is 0 Å². The lowest BCUT2D eigenvalue weighted by atomic mass is 9.88. The van der Waals surface area contributed by atoms with Gasteiger partial charge in [0.2, 0.25) is 0 Å². The highest BCUT2D eigenvalue weighted by Gasteiger charge is 2.31. The van der Waals surface area contributed by atoms with Crippen LogP contribution in [0.2, 0.25) is 0 Å². The molecule has 2 N–H and O–H groups in total. The summed E-state index contributed by atoms with van der Waals surface area (Å²) in [5.74, 6) is 0. The highest BCUT2D eigenvalue weighted by molar-refractivity contribution is 7.88. The van der Waals surface area contributed by atoms with Crippen molar-refractivity contribution < 1.29 is 13.5 Å². The zero-order valence-electron chi connectivity index (χ0n) is 12.7. The molecule has 0 aliphatic heterocycles. The molecule has 1 atom stereocenters. The second kappa shape index (κ2) is 8.64. The van der Waals surface area contributed by atoms with Gasteiger partial charge in [-0.3, -0.25) is 4.18 Å². The van der Waals surface area contributed by atoms with E-state index in [0.29, 0.717) is 18.9 Å². The van der Waals surface area contributed by atoms with Crippen LogP contribution in [-0.4, -0.2) is 30.4 Å². The molecule has 0 aromatic heterocycles. The Labute approximate surface area is 126 Å². The van der Waals surface area contributed by atoms with E-state index < -0.39 is 0 Å². The Morgan fingerprint density at radius 3 is 2.65 bits per heavy atom. The van der Waals surface area contributed by atoms with Gasteiger partial charge in [0.15, 0.2) is 12.3 Å². The lowest BCUT2D eigenvalue weighted by Gasteiger charge is -2.35. The Balaban J connectivity index is 2.65. The maximum absolute atomic E-state index is 8.48. The Kier molecular flexibility index (Phi) is 7.55. The molecular formula is C15H25NO3S. The summed E-state index contributed by atoms with van der Waals surface area (Å²) in [5.41, 5.74) is 2.25. The van der Waals surface area contributed by atoms with Crippen molar-refractivity contribution in [3.8, 4) is 0 Å². The summed E-state index contributed by atoms with van der Waals surface area (Å²) < 4.78 is 19.0. The molecule has 0 bridgehead atoms. The van der Waals surface area contributed by atoms with E-state index in [-0.39, 0.29) is 11.6 Å². The predicted molar refractivity (Wildman–Crippen MR) is 83.8 cm³/mol. The fourth-order valence-electron chi connectivity index (χ4n) is 2.36. The minimum Gasteiger partial charge on any atom is -0.375 e. The van der Waals surface area contributed by atoms with Crippen LogP contribution < -0.4 is 5.32 Å². The fraction of sp³-hybridized carbons (Fsp3) is 0.600. The molecule has 5 heteroatoms. The molecule has 1 rings (SSSR count). The smallest absolute Gasteiger partial charge is 0.155 e. The van der Waals surface area contributed by atoms with E-state index >= 15 is 0 Å². The van der Waals surface area contributed by atoms with Crippen LogP contribution in [-0.2, 0) is 8.92 Å². The number of hydrogen-bond acceptors (Lipinski definition) is 5. The van der Waals surface area contributed by atoms with Crippen molar-refractivity contribution in [2.45, 2.75) is 38.8 Å². The number of methoxy groups -OCH3 is 1. The lowest BCUT2D eigenvalue weighted by molar-refractivity contribution is 0.0304. The molecule has 1 aromatic carbocycles. The van der Waals surface area contributed by atoms with Crippen molar-refractivity contribution in [2.75, 3.05) is 20.3 Å². The summed E-state index contributed by atoms with van der Waals surface area (Å²) >= 11 is 0.417. The van der Waals surface area contributed by atoms with Gasteiger partial charge in [0, 0.05) is 12.6 Å². The van der Waals surface area contributed by atoms with Crippen molar-refractivity contribution >= 4 is 12.3 Å². The average Bonchev–Trinajstić information content (AvgIpc) is 2.41. The standard InChI is InChI=1S/C15H25NO3S/c1-12-8-5-6-9-13(12)14(18-4)15(2,3)16-10-7-11-19-20-17/h5-6,8-9,14,16-17H,7,10-11H2,1-4H3. The summed E-state index contributed by atoms with van der Waals surface area (Å²) in [4.78, 5) is 0. The van der Waals surface area contributed by atoms with Crippen LogP contribution in [0.3, 0.4) is 0 Å². The number of aryl methyl sites for hydroxylation is 1. The number of hydrogen-bond donors (Lipinski definition) is 2. The third-order valence-corrected chi connectivity index (χ3v) is 3.67. The second-order valence-electron chi connectivity index (χ2n) is 5.37. The molecule has 1 aromatic rings.